The van der Waals surface area contributed by atoms with E-state index in [-0.39, 0.29) is 24.4 Å². The van der Waals surface area contributed by atoms with Gasteiger partial charge in [0.2, 0.25) is 0 Å². The van der Waals surface area contributed by atoms with Crippen molar-refractivity contribution < 1.29 is 18.9 Å². The van der Waals surface area contributed by atoms with Crippen molar-refractivity contribution in [1.82, 2.24) is 0 Å². The Morgan fingerprint density at radius 2 is 0.865 bits per heavy atom. The minimum absolute atomic E-state index is 0.376. The first kappa shape index (κ1) is 23.8. The fourth-order valence-corrected chi connectivity index (χ4v) is 5.50. The molecule has 4 atom stereocenters. The van der Waals surface area contributed by atoms with Crippen LogP contribution in [0.5, 0.6) is 11.5 Å². The van der Waals surface area contributed by atoms with Crippen LogP contribution in [0.15, 0.2) is 121 Å². The Hall–Kier alpha value is -3.60. The van der Waals surface area contributed by atoms with Gasteiger partial charge in [0.1, 0.15) is 23.7 Å². The fraction of sp³-hybridized carbons (Fsp3) is 0.273. The molecule has 4 aromatic carbocycles. The summed E-state index contributed by atoms with van der Waals surface area (Å²) in [7, 11) is 0. The average Bonchev–Trinajstić information content (AvgIpc) is 3.59. The molecule has 4 heteroatoms. The molecule has 2 unspecified atom stereocenters. The van der Waals surface area contributed by atoms with E-state index in [1.807, 2.05) is 97.1 Å². The van der Waals surface area contributed by atoms with Gasteiger partial charge in [-0.2, -0.15) is 0 Å². The maximum absolute atomic E-state index is 6.92. The van der Waals surface area contributed by atoms with Crippen molar-refractivity contribution in [3.05, 3.63) is 132 Å². The van der Waals surface area contributed by atoms with E-state index in [1.54, 1.807) is 0 Å². The molecule has 0 radical (unpaired) electrons. The summed E-state index contributed by atoms with van der Waals surface area (Å²) in [6, 6.07) is 40.5. The first-order chi connectivity index (χ1) is 18.3. The smallest absolute Gasteiger partial charge is 0.169 e. The topological polar surface area (TPSA) is 36.9 Å². The van der Waals surface area contributed by atoms with Gasteiger partial charge in [0, 0.05) is 12.8 Å². The summed E-state index contributed by atoms with van der Waals surface area (Å²) < 4.78 is 27.2. The maximum Gasteiger partial charge on any atom is 0.169 e. The van der Waals surface area contributed by atoms with Crippen molar-refractivity contribution in [3.63, 3.8) is 0 Å². The van der Waals surface area contributed by atoms with Crippen molar-refractivity contribution in [3.8, 4) is 11.5 Å². The molecule has 1 spiro atoms. The first-order valence-corrected chi connectivity index (χ1v) is 13.2. The van der Waals surface area contributed by atoms with Crippen LogP contribution in [0.25, 0.3) is 0 Å². The largest absolute Gasteiger partial charge is 0.483 e. The molecule has 188 valence electrons. The van der Waals surface area contributed by atoms with Gasteiger partial charge in [-0.3, -0.25) is 0 Å². The molecular formula is C33H32O4. The minimum Gasteiger partial charge on any atom is -0.483 e. The van der Waals surface area contributed by atoms with Crippen LogP contribution in [0.4, 0.5) is 0 Å². The van der Waals surface area contributed by atoms with E-state index in [2.05, 4.69) is 24.3 Å². The molecule has 1 saturated carbocycles. The van der Waals surface area contributed by atoms with Crippen LogP contribution >= 0.6 is 0 Å². The summed E-state index contributed by atoms with van der Waals surface area (Å²) in [6.07, 6.45) is 2.41. The molecule has 2 fully saturated rings. The van der Waals surface area contributed by atoms with E-state index in [4.69, 9.17) is 18.9 Å². The third-order valence-corrected chi connectivity index (χ3v) is 7.26. The lowest BCUT2D eigenvalue weighted by Crippen LogP contribution is -2.38. The van der Waals surface area contributed by atoms with Gasteiger partial charge < -0.3 is 18.9 Å². The lowest BCUT2D eigenvalue weighted by molar-refractivity contribution is -0.180. The van der Waals surface area contributed by atoms with E-state index in [1.165, 1.54) is 0 Å². The van der Waals surface area contributed by atoms with Crippen LogP contribution in [-0.4, -0.2) is 18.0 Å². The van der Waals surface area contributed by atoms with Gasteiger partial charge in [0.25, 0.3) is 0 Å². The minimum atomic E-state index is -0.616. The molecule has 0 amide bonds. The lowest BCUT2D eigenvalue weighted by atomic mass is 9.93. The summed E-state index contributed by atoms with van der Waals surface area (Å²) in [5.41, 5.74) is 2.10. The van der Waals surface area contributed by atoms with Gasteiger partial charge in [-0.25, -0.2) is 0 Å². The van der Waals surface area contributed by atoms with E-state index >= 15 is 0 Å². The van der Waals surface area contributed by atoms with Crippen molar-refractivity contribution in [2.24, 2.45) is 0 Å². The third-order valence-electron chi connectivity index (χ3n) is 7.26. The number of rotatable bonds is 8. The standard InChI is InChI=1S/C33H32O4/c1-5-15-25(16-6-1)29(34-27-19-9-3-10-20-27)31-32(37-33(36-31)23-13-14-24-33)30(26-17-7-2-8-18-26)35-28-21-11-4-12-22-28/h1-12,15-22,29-32H,13-14,23-24H2/t29?,30?,31-,32-/m0/s1. The number of hydrogen-bond acceptors (Lipinski definition) is 4. The second-order valence-corrected chi connectivity index (χ2v) is 9.81. The normalized spacial score (nSPS) is 21.9. The van der Waals surface area contributed by atoms with Crippen molar-refractivity contribution >= 4 is 0 Å². The predicted octanol–water partition coefficient (Wildman–Crippen LogP) is 7.68. The van der Waals surface area contributed by atoms with Gasteiger partial charge >= 0.3 is 0 Å². The van der Waals surface area contributed by atoms with Gasteiger partial charge in [0.15, 0.2) is 18.0 Å². The second kappa shape index (κ2) is 10.8. The van der Waals surface area contributed by atoms with Crippen molar-refractivity contribution in [2.45, 2.75) is 55.9 Å². The van der Waals surface area contributed by atoms with Crippen LogP contribution in [-0.2, 0) is 9.47 Å². The molecule has 2 aliphatic rings. The molecular weight excluding hydrogens is 460 g/mol. The molecule has 1 saturated heterocycles. The number of ether oxygens (including phenoxy) is 4. The molecule has 4 nitrogen and oxygen atoms in total. The zero-order chi connectivity index (χ0) is 24.9. The Morgan fingerprint density at radius 1 is 0.514 bits per heavy atom. The number of benzene rings is 4. The zero-order valence-electron chi connectivity index (χ0n) is 20.8. The van der Waals surface area contributed by atoms with Gasteiger partial charge in [0.05, 0.1) is 0 Å². The number of hydrogen-bond donors (Lipinski definition) is 0. The Morgan fingerprint density at radius 3 is 1.24 bits per heavy atom. The quantitative estimate of drug-likeness (QED) is 0.253. The van der Waals surface area contributed by atoms with Gasteiger partial charge in [-0.1, -0.05) is 97.1 Å². The van der Waals surface area contributed by atoms with E-state index in [0.717, 1.165) is 48.3 Å². The molecule has 6 rings (SSSR count). The van der Waals surface area contributed by atoms with Crippen LogP contribution < -0.4 is 9.47 Å². The zero-order valence-corrected chi connectivity index (χ0v) is 20.8. The molecule has 0 aromatic heterocycles. The molecule has 1 aliphatic carbocycles. The highest BCUT2D eigenvalue weighted by atomic mass is 16.8. The Labute approximate surface area is 218 Å². The third kappa shape index (κ3) is 5.27. The summed E-state index contributed by atoms with van der Waals surface area (Å²) in [4.78, 5) is 0. The first-order valence-electron chi connectivity index (χ1n) is 13.2. The monoisotopic (exact) mass is 492 g/mol. The van der Waals surface area contributed by atoms with Gasteiger partial charge in [-0.15, -0.1) is 0 Å². The van der Waals surface area contributed by atoms with Crippen molar-refractivity contribution in [2.75, 3.05) is 0 Å². The average molecular weight is 493 g/mol. The van der Waals surface area contributed by atoms with E-state index in [0.29, 0.717) is 0 Å². The van der Waals surface area contributed by atoms with Crippen LogP contribution in [0.3, 0.4) is 0 Å². The second-order valence-electron chi connectivity index (χ2n) is 9.81. The highest BCUT2D eigenvalue weighted by Crippen LogP contribution is 2.49. The number of para-hydroxylation sites is 2. The maximum atomic E-state index is 6.92. The summed E-state index contributed by atoms with van der Waals surface area (Å²) >= 11 is 0. The summed E-state index contributed by atoms with van der Waals surface area (Å²) in [5.74, 6) is 0.979. The lowest BCUT2D eigenvalue weighted by Gasteiger charge is -2.32. The SMILES string of the molecule is c1ccc(OC(c2ccccc2)[C@@H]2OC3(CCCC3)O[C@H]2C(Oc2ccccc2)c2ccccc2)cc1. The predicted molar refractivity (Wildman–Crippen MR) is 143 cm³/mol. The van der Waals surface area contributed by atoms with Crippen molar-refractivity contribution in [1.29, 1.82) is 0 Å². The van der Waals surface area contributed by atoms with Crippen LogP contribution in [0.1, 0.15) is 49.0 Å². The highest BCUT2D eigenvalue weighted by molar-refractivity contribution is 5.29. The molecule has 0 bridgehead atoms. The van der Waals surface area contributed by atoms with E-state index in [9.17, 15) is 0 Å². The molecule has 1 aliphatic heterocycles. The highest BCUT2D eigenvalue weighted by Gasteiger charge is 2.55. The molecule has 37 heavy (non-hydrogen) atoms. The Bertz CT molecular complexity index is 1150. The fourth-order valence-electron chi connectivity index (χ4n) is 5.50. The molecule has 0 N–H and O–H groups in total. The van der Waals surface area contributed by atoms with Gasteiger partial charge in [-0.05, 0) is 48.2 Å². The molecule has 4 aromatic rings. The summed E-state index contributed by atoms with van der Waals surface area (Å²) in [5, 5.41) is 0. The van der Waals surface area contributed by atoms with E-state index < -0.39 is 5.79 Å². The Balaban J connectivity index is 1.43. The summed E-state index contributed by atoms with van der Waals surface area (Å²) in [6.45, 7) is 0. The Kier molecular flexibility index (Phi) is 6.94. The van der Waals surface area contributed by atoms with Crippen LogP contribution in [0.2, 0.25) is 0 Å². The molecule has 1 heterocycles. The van der Waals surface area contributed by atoms with Crippen LogP contribution in [0, 0.1) is 0 Å².